The van der Waals surface area contributed by atoms with E-state index in [1.54, 1.807) is 67.8 Å². The molecule has 0 aromatic carbocycles. The van der Waals surface area contributed by atoms with Crippen LogP contribution in [0.2, 0.25) is 0 Å². The smallest absolute Gasteiger partial charge is 0.263 e. The fourth-order valence-electron chi connectivity index (χ4n) is 4.64. The lowest BCUT2D eigenvalue weighted by molar-refractivity contribution is -0.268. The standard InChI is InChI=1S/C26H16N9O2S4.C2H6/c36-25-31(17-5-1-9-27-13-17)21-22(32(25)18-6-2-10-28-14-18)39-35(38-21)40-23-24(41-35)34(20-8-4-12-30-16-20)26(37)33(23)19-7-3-11-29-15-19;1-2/h1-16H;1-2H3/q+1;. The third-order valence-corrected chi connectivity index (χ3v) is 12.4. The highest BCUT2D eigenvalue weighted by Gasteiger charge is 2.58. The Hall–Kier alpha value is -4.02. The van der Waals surface area contributed by atoms with Gasteiger partial charge in [-0.1, -0.05) is 16.0 Å². The monoisotopic (exact) mass is 644 g/mol. The van der Waals surface area contributed by atoms with Crippen molar-refractivity contribution in [3.8, 4) is 22.7 Å². The molecule has 43 heavy (non-hydrogen) atoms. The topological polar surface area (TPSA) is 105 Å². The van der Waals surface area contributed by atoms with Gasteiger partial charge >= 0.3 is 11.4 Å². The van der Waals surface area contributed by atoms with E-state index in [1.807, 2.05) is 62.4 Å². The van der Waals surface area contributed by atoms with Crippen molar-refractivity contribution in [3.05, 3.63) is 119 Å². The lowest BCUT2D eigenvalue weighted by atomic mass is 10.4. The second-order valence-electron chi connectivity index (χ2n) is 8.78. The quantitative estimate of drug-likeness (QED) is 0.174. The van der Waals surface area contributed by atoms with Gasteiger partial charge < -0.3 is 0 Å². The Kier molecular flexibility index (Phi) is 7.26. The molecule has 0 amide bonds. The van der Waals surface area contributed by atoms with Gasteiger partial charge in [0.1, 0.15) is 0 Å². The first-order valence-corrected chi connectivity index (χ1v) is 16.3. The van der Waals surface area contributed by atoms with Crippen LogP contribution >= 0.6 is 47.8 Å². The number of pyridine rings is 4. The minimum absolute atomic E-state index is 0.201. The summed E-state index contributed by atoms with van der Waals surface area (Å²) in [5.74, 6) is 0. The molecule has 11 nitrogen and oxygen atoms in total. The molecule has 2 aliphatic heterocycles. The van der Waals surface area contributed by atoms with E-state index in [1.165, 1.54) is 47.8 Å². The molecule has 1 spiro atoms. The van der Waals surface area contributed by atoms with Crippen molar-refractivity contribution >= 4 is 47.8 Å². The van der Waals surface area contributed by atoms with Crippen LogP contribution in [0.15, 0.2) is 128 Å². The molecule has 6 aromatic rings. The van der Waals surface area contributed by atoms with Crippen molar-refractivity contribution in [2.45, 2.75) is 34.0 Å². The highest BCUT2D eigenvalue weighted by Crippen LogP contribution is 2.71. The molecule has 0 saturated heterocycles. The number of imidazole rings is 2. The van der Waals surface area contributed by atoms with Gasteiger partial charge in [-0.3, -0.25) is 19.9 Å². The van der Waals surface area contributed by atoms with Crippen LogP contribution in [-0.2, 0) is 0 Å². The molecule has 2 aliphatic rings. The van der Waals surface area contributed by atoms with E-state index < -0.39 is 0 Å². The fraction of sp³-hybridized carbons (Fsp3) is 0.0714. The van der Waals surface area contributed by atoms with Crippen LogP contribution < -0.4 is 11.4 Å². The largest absolute Gasteiger partial charge is 0.339 e. The molecule has 0 aliphatic carbocycles. The van der Waals surface area contributed by atoms with E-state index in [4.69, 9.17) is 0 Å². The summed E-state index contributed by atoms with van der Waals surface area (Å²) in [5, 5.41) is 3.13. The molecule has 0 fully saturated rings. The number of fused-ring (bicyclic) bond motifs is 2. The molecular weight excluding hydrogens is 623 g/mol. The molecule has 0 atom stereocenters. The summed E-state index contributed by atoms with van der Waals surface area (Å²) in [4.78, 5) is 44.7. The predicted octanol–water partition coefficient (Wildman–Crippen LogP) is 5.75. The lowest BCUT2D eigenvalue weighted by Gasteiger charge is -2.17. The first kappa shape index (κ1) is 27.8. The molecule has 8 rings (SSSR count). The number of nitrogens with zero attached hydrogens (tertiary/aromatic N) is 9. The predicted molar refractivity (Wildman–Crippen MR) is 169 cm³/mol. The zero-order chi connectivity index (χ0) is 29.6. The average molecular weight is 645 g/mol. The van der Waals surface area contributed by atoms with Gasteiger partial charge in [0.15, 0.2) is 67.9 Å². The third-order valence-electron chi connectivity index (χ3n) is 6.35. The van der Waals surface area contributed by atoms with Gasteiger partial charge in [0.2, 0.25) is 0 Å². The van der Waals surface area contributed by atoms with E-state index in [0.717, 1.165) is 20.1 Å². The second kappa shape index (κ2) is 11.2. The first-order valence-electron chi connectivity index (χ1n) is 13.2. The van der Waals surface area contributed by atoms with Crippen LogP contribution in [0.25, 0.3) is 22.7 Å². The third kappa shape index (κ3) is 4.55. The van der Waals surface area contributed by atoms with E-state index in [2.05, 4.69) is 19.9 Å². The van der Waals surface area contributed by atoms with Gasteiger partial charge in [-0.25, -0.2) is 27.9 Å². The molecule has 0 radical (unpaired) electrons. The summed E-state index contributed by atoms with van der Waals surface area (Å²) >= 11 is 6.13. The maximum absolute atomic E-state index is 13.9. The average Bonchev–Trinajstić information content (AvgIpc) is 3.74. The van der Waals surface area contributed by atoms with Crippen molar-refractivity contribution < 1.29 is 2.10 Å². The van der Waals surface area contributed by atoms with Crippen LogP contribution in [-0.4, -0.2) is 40.3 Å². The van der Waals surface area contributed by atoms with Crippen molar-refractivity contribution in [1.29, 1.82) is 0 Å². The molecule has 0 saturated carbocycles. The van der Waals surface area contributed by atoms with E-state index in [0.29, 0.717) is 24.9 Å². The SMILES string of the molecule is CC.O=c1n(-c2cccnc2)c2c(n1-c1cccnc1)S[N+]1(S2)Sc2c(n(-c3cccnc3)c(=O)n2-c2cccnc2)S1. The van der Waals surface area contributed by atoms with E-state index in [9.17, 15) is 9.59 Å². The molecular formula is C28H22N9O2S4+. The summed E-state index contributed by atoms with van der Waals surface area (Å²) < 4.78 is 7.07. The minimum Gasteiger partial charge on any atom is -0.263 e. The molecule has 6 aromatic heterocycles. The molecule has 0 N–H and O–H groups in total. The fourth-order valence-corrected chi connectivity index (χ4v) is 11.1. The Morgan fingerprint density at radius 1 is 0.488 bits per heavy atom. The summed E-state index contributed by atoms with van der Waals surface area (Å²) in [7, 11) is 0. The highest BCUT2D eigenvalue weighted by molar-refractivity contribution is 8.31. The normalized spacial score (nSPS) is 14.3. The Morgan fingerprint density at radius 3 is 0.953 bits per heavy atom. The van der Waals surface area contributed by atoms with Gasteiger partial charge in [0.25, 0.3) is 0 Å². The Labute approximate surface area is 262 Å². The zero-order valence-electron chi connectivity index (χ0n) is 22.7. The van der Waals surface area contributed by atoms with E-state index in [-0.39, 0.29) is 11.4 Å². The van der Waals surface area contributed by atoms with Gasteiger partial charge in [-0.2, -0.15) is 0 Å². The highest BCUT2D eigenvalue weighted by atomic mass is 32.3. The lowest BCUT2D eigenvalue weighted by Crippen LogP contribution is -2.26. The maximum atomic E-state index is 13.9. The number of hydrogen-bond acceptors (Lipinski definition) is 10. The van der Waals surface area contributed by atoms with Crippen molar-refractivity contribution in [2.75, 3.05) is 0 Å². The Morgan fingerprint density at radius 2 is 0.744 bits per heavy atom. The van der Waals surface area contributed by atoms with Crippen LogP contribution in [0.4, 0.5) is 0 Å². The summed E-state index contributed by atoms with van der Waals surface area (Å²) in [6.45, 7) is 4.00. The summed E-state index contributed by atoms with van der Waals surface area (Å²) in [5.41, 5.74) is 2.28. The zero-order valence-corrected chi connectivity index (χ0v) is 26.0. The Balaban J connectivity index is 0.00000147. The molecule has 214 valence electrons. The van der Waals surface area contributed by atoms with Gasteiger partial charge in [-0.05, 0) is 48.5 Å². The van der Waals surface area contributed by atoms with Crippen LogP contribution in [0.3, 0.4) is 0 Å². The molecule has 8 heterocycles. The van der Waals surface area contributed by atoms with Crippen LogP contribution in [0.1, 0.15) is 13.8 Å². The maximum Gasteiger partial charge on any atom is 0.339 e. The van der Waals surface area contributed by atoms with Crippen molar-refractivity contribution in [1.82, 2.24) is 38.2 Å². The summed E-state index contributed by atoms with van der Waals surface area (Å²) in [6, 6.07) is 14.7. The first-order chi connectivity index (χ1) is 21.1. The summed E-state index contributed by atoms with van der Waals surface area (Å²) in [6.07, 6.45) is 13.4. The number of rotatable bonds is 4. The second-order valence-corrected chi connectivity index (χ2v) is 14.6. The number of quaternary nitrogens is 1. The van der Waals surface area contributed by atoms with Gasteiger partial charge in [0.05, 0.1) is 47.5 Å². The number of aromatic nitrogens is 8. The van der Waals surface area contributed by atoms with E-state index >= 15 is 0 Å². The van der Waals surface area contributed by atoms with Crippen LogP contribution in [0.5, 0.6) is 0 Å². The molecule has 15 heteroatoms. The molecule has 0 bridgehead atoms. The van der Waals surface area contributed by atoms with Gasteiger partial charge in [-0.15, -0.1) is 0 Å². The van der Waals surface area contributed by atoms with Crippen LogP contribution in [0, 0.1) is 0 Å². The van der Waals surface area contributed by atoms with Gasteiger partial charge in [0, 0.05) is 24.8 Å². The van der Waals surface area contributed by atoms with Crippen molar-refractivity contribution in [3.63, 3.8) is 0 Å². The Bertz CT molecular complexity index is 1750. The van der Waals surface area contributed by atoms with Crippen molar-refractivity contribution in [2.24, 2.45) is 0 Å². The minimum atomic E-state index is -0.201. The molecule has 0 unspecified atom stereocenters. The number of hydrogen-bond donors (Lipinski definition) is 0.